The Morgan fingerprint density at radius 2 is 1.85 bits per heavy atom. The summed E-state index contributed by atoms with van der Waals surface area (Å²) in [7, 11) is 0. The second-order valence-electron chi connectivity index (χ2n) is 5.51. The maximum Gasteiger partial charge on any atom is 0.121 e. The third-order valence-electron chi connectivity index (χ3n) is 4.16. The van der Waals surface area contributed by atoms with Gasteiger partial charge in [-0.1, -0.05) is 30.3 Å². The molecule has 2 N–H and O–H groups in total. The first kappa shape index (κ1) is 13.2. The molecule has 1 aliphatic heterocycles. The van der Waals surface area contributed by atoms with Crippen molar-refractivity contribution >= 4 is 5.82 Å². The minimum absolute atomic E-state index is 0.470. The molecule has 0 amide bonds. The number of hydrogen-bond donors (Lipinski definition) is 1. The zero-order valence-corrected chi connectivity index (χ0v) is 11.8. The fourth-order valence-electron chi connectivity index (χ4n) is 2.95. The number of piperidine rings is 1. The number of nitrogens with zero attached hydrogens (tertiary/aromatic N) is 3. The number of benzene rings is 1. The molecule has 1 aromatic heterocycles. The molecule has 0 aliphatic carbocycles. The van der Waals surface area contributed by atoms with Crippen LogP contribution in [0.25, 0.3) is 0 Å². The van der Waals surface area contributed by atoms with Crippen LogP contribution in [0.15, 0.2) is 42.6 Å². The van der Waals surface area contributed by atoms with Gasteiger partial charge in [-0.05, 0) is 30.9 Å². The molecule has 2 heterocycles. The lowest BCUT2D eigenvalue weighted by atomic mass is 10.0. The molecule has 106 valence electrons. The van der Waals surface area contributed by atoms with E-state index in [0.717, 1.165) is 44.7 Å². The Morgan fingerprint density at radius 1 is 1.10 bits per heavy atom. The van der Waals surface area contributed by atoms with E-state index < -0.39 is 0 Å². The molecule has 4 heteroatoms. The Bertz CT molecular complexity index is 526. The number of hydrogen-bond acceptors (Lipinski definition) is 3. The maximum atomic E-state index is 5.93. The quantitative estimate of drug-likeness (QED) is 0.927. The van der Waals surface area contributed by atoms with Gasteiger partial charge in [0.25, 0.3) is 0 Å². The van der Waals surface area contributed by atoms with Gasteiger partial charge in [-0.3, -0.25) is 0 Å². The zero-order valence-electron chi connectivity index (χ0n) is 11.8. The SMILES string of the molecule is Nc1ccnn1C1CCN(CCc2ccccc2)CC1. The van der Waals surface area contributed by atoms with E-state index in [0.29, 0.717) is 6.04 Å². The minimum Gasteiger partial charge on any atom is -0.384 e. The first-order valence-corrected chi connectivity index (χ1v) is 7.38. The van der Waals surface area contributed by atoms with Crippen molar-refractivity contribution in [3.63, 3.8) is 0 Å². The van der Waals surface area contributed by atoms with Crippen LogP contribution in [0.4, 0.5) is 5.82 Å². The second-order valence-corrected chi connectivity index (χ2v) is 5.51. The topological polar surface area (TPSA) is 47.1 Å². The van der Waals surface area contributed by atoms with Gasteiger partial charge in [-0.15, -0.1) is 0 Å². The molecule has 20 heavy (non-hydrogen) atoms. The number of nitrogen functional groups attached to an aromatic ring is 1. The molecule has 0 saturated carbocycles. The molecular weight excluding hydrogens is 248 g/mol. The average molecular weight is 270 g/mol. The number of anilines is 1. The largest absolute Gasteiger partial charge is 0.384 e. The molecule has 0 spiro atoms. The fraction of sp³-hybridized carbons (Fsp3) is 0.438. The van der Waals surface area contributed by atoms with Crippen LogP contribution >= 0.6 is 0 Å². The van der Waals surface area contributed by atoms with Gasteiger partial charge in [0.1, 0.15) is 5.82 Å². The standard InChI is InChI=1S/C16H22N4/c17-16-6-10-18-20(16)15-8-12-19(13-9-15)11-7-14-4-2-1-3-5-14/h1-6,10,15H,7-9,11-13,17H2. The van der Waals surface area contributed by atoms with Crippen molar-refractivity contribution in [2.75, 3.05) is 25.4 Å². The van der Waals surface area contributed by atoms with Crippen LogP contribution in [-0.4, -0.2) is 34.3 Å². The van der Waals surface area contributed by atoms with Crippen molar-refractivity contribution in [1.29, 1.82) is 0 Å². The lowest BCUT2D eigenvalue weighted by Gasteiger charge is -2.32. The highest BCUT2D eigenvalue weighted by Gasteiger charge is 2.21. The van der Waals surface area contributed by atoms with Crippen molar-refractivity contribution in [3.05, 3.63) is 48.2 Å². The first-order chi connectivity index (χ1) is 9.83. The number of aromatic nitrogens is 2. The molecule has 0 unspecified atom stereocenters. The summed E-state index contributed by atoms with van der Waals surface area (Å²) in [5.41, 5.74) is 7.35. The molecule has 3 rings (SSSR count). The van der Waals surface area contributed by atoms with Crippen molar-refractivity contribution in [2.24, 2.45) is 0 Å². The van der Waals surface area contributed by atoms with Gasteiger partial charge in [0.15, 0.2) is 0 Å². The second kappa shape index (κ2) is 6.09. The number of nitrogens with two attached hydrogens (primary N) is 1. The third kappa shape index (κ3) is 3.02. The van der Waals surface area contributed by atoms with Crippen LogP contribution in [0, 0.1) is 0 Å². The highest BCUT2D eigenvalue weighted by atomic mass is 15.3. The number of rotatable bonds is 4. The van der Waals surface area contributed by atoms with E-state index in [9.17, 15) is 0 Å². The molecular formula is C16H22N4. The highest BCUT2D eigenvalue weighted by molar-refractivity contribution is 5.26. The minimum atomic E-state index is 0.470. The average Bonchev–Trinajstić information content (AvgIpc) is 2.93. The van der Waals surface area contributed by atoms with Crippen LogP contribution in [0.5, 0.6) is 0 Å². The summed E-state index contributed by atoms with van der Waals surface area (Å²) < 4.78 is 1.98. The lowest BCUT2D eigenvalue weighted by Crippen LogP contribution is -2.36. The monoisotopic (exact) mass is 270 g/mol. The molecule has 0 radical (unpaired) electrons. The Kier molecular flexibility index (Phi) is 4.02. The third-order valence-corrected chi connectivity index (χ3v) is 4.16. The predicted octanol–water partition coefficient (Wildman–Crippen LogP) is 2.34. The Balaban J connectivity index is 1.48. The molecule has 0 atom stereocenters. The van der Waals surface area contributed by atoms with E-state index >= 15 is 0 Å². The summed E-state index contributed by atoms with van der Waals surface area (Å²) in [4.78, 5) is 2.54. The van der Waals surface area contributed by atoms with E-state index in [1.807, 2.05) is 10.7 Å². The smallest absolute Gasteiger partial charge is 0.121 e. The van der Waals surface area contributed by atoms with E-state index in [1.165, 1.54) is 5.56 Å². The van der Waals surface area contributed by atoms with Crippen LogP contribution in [0.1, 0.15) is 24.4 Å². The van der Waals surface area contributed by atoms with Gasteiger partial charge in [-0.25, -0.2) is 4.68 Å². The van der Waals surface area contributed by atoms with Gasteiger partial charge < -0.3 is 10.6 Å². The van der Waals surface area contributed by atoms with Crippen LogP contribution < -0.4 is 5.73 Å². The van der Waals surface area contributed by atoms with E-state index in [2.05, 4.69) is 40.3 Å². The van der Waals surface area contributed by atoms with Crippen LogP contribution in [-0.2, 0) is 6.42 Å². The van der Waals surface area contributed by atoms with Gasteiger partial charge in [0.2, 0.25) is 0 Å². The van der Waals surface area contributed by atoms with E-state index in [4.69, 9.17) is 5.73 Å². The molecule has 0 bridgehead atoms. The molecule has 1 fully saturated rings. The highest BCUT2D eigenvalue weighted by Crippen LogP contribution is 2.24. The normalized spacial score (nSPS) is 17.4. The Hall–Kier alpha value is -1.81. The number of likely N-dealkylation sites (tertiary alicyclic amines) is 1. The molecule has 2 aromatic rings. The molecule has 1 aromatic carbocycles. The van der Waals surface area contributed by atoms with Gasteiger partial charge in [0.05, 0.1) is 12.2 Å². The molecule has 1 aliphatic rings. The summed E-state index contributed by atoms with van der Waals surface area (Å²) in [6, 6.07) is 13.1. The summed E-state index contributed by atoms with van der Waals surface area (Å²) >= 11 is 0. The van der Waals surface area contributed by atoms with Gasteiger partial charge in [-0.2, -0.15) is 5.10 Å². The van der Waals surface area contributed by atoms with E-state index in [-0.39, 0.29) is 0 Å². The summed E-state index contributed by atoms with van der Waals surface area (Å²) in [5, 5.41) is 4.33. The fourth-order valence-corrected chi connectivity index (χ4v) is 2.95. The van der Waals surface area contributed by atoms with Gasteiger partial charge >= 0.3 is 0 Å². The Labute approximate surface area is 120 Å². The van der Waals surface area contributed by atoms with Crippen molar-refractivity contribution in [1.82, 2.24) is 14.7 Å². The first-order valence-electron chi connectivity index (χ1n) is 7.38. The lowest BCUT2D eigenvalue weighted by molar-refractivity contribution is 0.183. The predicted molar refractivity (Wildman–Crippen MR) is 81.5 cm³/mol. The Morgan fingerprint density at radius 3 is 2.50 bits per heavy atom. The maximum absolute atomic E-state index is 5.93. The summed E-state index contributed by atoms with van der Waals surface area (Å²) in [6.07, 6.45) is 5.20. The van der Waals surface area contributed by atoms with Crippen molar-refractivity contribution < 1.29 is 0 Å². The zero-order chi connectivity index (χ0) is 13.8. The molecule has 1 saturated heterocycles. The van der Waals surface area contributed by atoms with Crippen molar-refractivity contribution in [2.45, 2.75) is 25.3 Å². The van der Waals surface area contributed by atoms with Gasteiger partial charge in [0, 0.05) is 19.6 Å². The van der Waals surface area contributed by atoms with Crippen LogP contribution in [0.2, 0.25) is 0 Å². The summed E-state index contributed by atoms with van der Waals surface area (Å²) in [5.74, 6) is 0.785. The van der Waals surface area contributed by atoms with E-state index in [1.54, 1.807) is 6.20 Å². The molecule has 4 nitrogen and oxygen atoms in total. The van der Waals surface area contributed by atoms with Crippen molar-refractivity contribution in [3.8, 4) is 0 Å². The van der Waals surface area contributed by atoms with Crippen LogP contribution in [0.3, 0.4) is 0 Å². The summed E-state index contributed by atoms with van der Waals surface area (Å²) in [6.45, 7) is 3.42.